The van der Waals surface area contributed by atoms with E-state index in [2.05, 4.69) is 4.74 Å². The van der Waals surface area contributed by atoms with Crippen LogP contribution < -0.4 is 4.74 Å². The summed E-state index contributed by atoms with van der Waals surface area (Å²) in [6.07, 6.45) is -0.260. The number of carbonyl (C=O) groups excluding carboxylic acids is 2. The first-order chi connectivity index (χ1) is 9.38. The minimum Gasteiger partial charge on any atom is -0.497 e. The summed E-state index contributed by atoms with van der Waals surface area (Å²) in [6.45, 7) is 0. The van der Waals surface area contributed by atoms with Gasteiger partial charge in [0.25, 0.3) is 0 Å². The van der Waals surface area contributed by atoms with Crippen molar-refractivity contribution in [2.45, 2.75) is 6.42 Å². The van der Waals surface area contributed by atoms with Gasteiger partial charge in [-0.05, 0) is 12.1 Å². The Morgan fingerprint density at radius 1 is 1.20 bits per heavy atom. The molecule has 0 aliphatic heterocycles. The van der Waals surface area contributed by atoms with Crippen molar-refractivity contribution in [3.8, 4) is 5.75 Å². The highest BCUT2D eigenvalue weighted by Gasteiger charge is 2.19. The van der Waals surface area contributed by atoms with Crippen LogP contribution >= 0.6 is 0 Å². The van der Waals surface area contributed by atoms with Gasteiger partial charge in [-0.25, -0.2) is 8.42 Å². The smallest absolute Gasteiger partial charge is 0.306 e. The lowest BCUT2D eigenvalue weighted by molar-refractivity contribution is -0.140. The Bertz CT molecular complexity index is 591. The monoisotopic (exact) mass is 300 g/mol. The first kappa shape index (κ1) is 16.2. The van der Waals surface area contributed by atoms with Gasteiger partial charge in [-0.15, -0.1) is 0 Å². The van der Waals surface area contributed by atoms with Crippen molar-refractivity contribution in [3.05, 3.63) is 29.8 Å². The van der Waals surface area contributed by atoms with Crippen molar-refractivity contribution in [3.63, 3.8) is 0 Å². The predicted molar refractivity (Wildman–Crippen MR) is 72.6 cm³/mol. The van der Waals surface area contributed by atoms with Crippen molar-refractivity contribution in [1.29, 1.82) is 0 Å². The molecule has 20 heavy (non-hydrogen) atoms. The van der Waals surface area contributed by atoms with Gasteiger partial charge in [-0.3, -0.25) is 9.59 Å². The highest BCUT2D eigenvalue weighted by atomic mass is 32.2. The molecule has 0 bridgehead atoms. The summed E-state index contributed by atoms with van der Waals surface area (Å²) < 4.78 is 32.8. The second-order valence-electron chi connectivity index (χ2n) is 4.07. The number of hydrogen-bond donors (Lipinski definition) is 0. The van der Waals surface area contributed by atoms with E-state index in [-0.39, 0.29) is 12.0 Å². The fraction of sp³-hybridized carbons (Fsp3) is 0.385. The maximum atomic E-state index is 11.9. The second-order valence-corrected chi connectivity index (χ2v) is 6.26. The van der Waals surface area contributed by atoms with Gasteiger partial charge in [0.05, 0.1) is 26.4 Å². The molecule has 0 heterocycles. The third-order valence-electron chi connectivity index (χ3n) is 2.59. The Labute approximate surface area is 117 Å². The molecule has 7 heteroatoms. The predicted octanol–water partition coefficient (Wildman–Crippen LogP) is 0.856. The van der Waals surface area contributed by atoms with E-state index >= 15 is 0 Å². The van der Waals surface area contributed by atoms with Crippen LogP contribution in [0.5, 0.6) is 5.75 Å². The molecule has 0 saturated heterocycles. The molecule has 0 aliphatic rings. The van der Waals surface area contributed by atoms with Crippen molar-refractivity contribution in [2.24, 2.45) is 0 Å². The normalized spacial score (nSPS) is 10.9. The van der Waals surface area contributed by atoms with E-state index in [9.17, 15) is 18.0 Å². The maximum absolute atomic E-state index is 11.9. The van der Waals surface area contributed by atoms with E-state index in [0.717, 1.165) is 0 Å². The molecule has 0 aromatic heterocycles. The lowest BCUT2D eigenvalue weighted by atomic mass is 10.1. The number of methoxy groups -OCH3 is 2. The quantitative estimate of drug-likeness (QED) is 0.548. The summed E-state index contributed by atoms with van der Waals surface area (Å²) >= 11 is 0. The Morgan fingerprint density at radius 2 is 1.90 bits per heavy atom. The molecule has 110 valence electrons. The second kappa shape index (κ2) is 7.04. The summed E-state index contributed by atoms with van der Waals surface area (Å²) in [7, 11) is -1.01. The number of sulfone groups is 1. The van der Waals surface area contributed by atoms with Crippen LogP contribution in [0.15, 0.2) is 24.3 Å². The Kier molecular flexibility index (Phi) is 5.69. The van der Waals surface area contributed by atoms with Crippen LogP contribution in [0.2, 0.25) is 0 Å². The number of ether oxygens (including phenoxy) is 2. The Hall–Kier alpha value is -1.89. The molecule has 0 radical (unpaired) electrons. The average molecular weight is 300 g/mol. The molecule has 0 aliphatic carbocycles. The lowest BCUT2D eigenvalue weighted by Crippen LogP contribution is -2.21. The first-order valence-corrected chi connectivity index (χ1v) is 7.64. The largest absolute Gasteiger partial charge is 0.497 e. The summed E-state index contributed by atoms with van der Waals surface area (Å²) in [5, 5.41) is 0. The van der Waals surface area contributed by atoms with Gasteiger partial charge < -0.3 is 9.47 Å². The number of hydrogen-bond acceptors (Lipinski definition) is 6. The van der Waals surface area contributed by atoms with E-state index in [1.54, 1.807) is 12.1 Å². The lowest BCUT2D eigenvalue weighted by Gasteiger charge is -2.05. The highest BCUT2D eigenvalue weighted by Crippen LogP contribution is 2.14. The number of carbonyl (C=O) groups is 2. The van der Waals surface area contributed by atoms with Crippen LogP contribution in [0.4, 0.5) is 0 Å². The van der Waals surface area contributed by atoms with Gasteiger partial charge >= 0.3 is 5.97 Å². The summed E-state index contributed by atoms with van der Waals surface area (Å²) in [5.41, 5.74) is 0.256. The molecule has 0 fully saturated rings. The van der Waals surface area contributed by atoms with E-state index in [1.165, 1.54) is 26.4 Å². The zero-order valence-corrected chi connectivity index (χ0v) is 12.1. The highest BCUT2D eigenvalue weighted by molar-refractivity contribution is 7.92. The average Bonchev–Trinajstić information content (AvgIpc) is 2.44. The zero-order chi connectivity index (χ0) is 15.2. The minimum atomic E-state index is -3.64. The van der Waals surface area contributed by atoms with Gasteiger partial charge in [0.1, 0.15) is 11.5 Å². The molecule has 0 atom stereocenters. The van der Waals surface area contributed by atoms with E-state index in [0.29, 0.717) is 5.75 Å². The molecule has 1 aromatic rings. The van der Waals surface area contributed by atoms with Crippen LogP contribution in [0, 0.1) is 0 Å². The number of esters is 1. The topological polar surface area (TPSA) is 86.7 Å². The zero-order valence-electron chi connectivity index (χ0n) is 11.3. The van der Waals surface area contributed by atoms with Crippen molar-refractivity contribution in [1.82, 2.24) is 0 Å². The molecule has 0 unspecified atom stereocenters. The van der Waals surface area contributed by atoms with Gasteiger partial charge in [-0.2, -0.15) is 0 Å². The standard InChI is InChI=1S/C13H16O6S/c1-18-11-5-3-4-10(8-11)12(14)9-20(16,17)7-6-13(15)19-2/h3-5,8H,6-7,9H2,1-2H3. The summed E-state index contributed by atoms with van der Waals surface area (Å²) in [6, 6.07) is 6.24. The Morgan fingerprint density at radius 3 is 2.50 bits per heavy atom. The number of Topliss-reactive ketones (excluding diaryl/α,β-unsaturated/α-hetero) is 1. The van der Waals surface area contributed by atoms with Crippen molar-refractivity contribution < 1.29 is 27.5 Å². The third-order valence-corrected chi connectivity index (χ3v) is 4.12. The molecule has 0 spiro atoms. The Balaban J connectivity index is 2.71. The fourth-order valence-electron chi connectivity index (χ4n) is 1.49. The fourth-order valence-corrected chi connectivity index (χ4v) is 2.68. The molecular formula is C13H16O6S. The molecule has 0 saturated carbocycles. The van der Waals surface area contributed by atoms with E-state index < -0.39 is 33.1 Å². The molecule has 1 aromatic carbocycles. The number of rotatable bonds is 7. The third kappa shape index (κ3) is 5.00. The van der Waals surface area contributed by atoms with Gasteiger partial charge in [0, 0.05) is 5.56 Å². The number of benzene rings is 1. The van der Waals surface area contributed by atoms with Gasteiger partial charge in [0.15, 0.2) is 15.6 Å². The van der Waals surface area contributed by atoms with Gasteiger partial charge in [0.2, 0.25) is 0 Å². The van der Waals surface area contributed by atoms with Crippen LogP contribution in [0.25, 0.3) is 0 Å². The molecule has 6 nitrogen and oxygen atoms in total. The molecule has 0 amide bonds. The summed E-state index contributed by atoms with van der Waals surface area (Å²) in [5.74, 6) is -1.73. The van der Waals surface area contributed by atoms with Crippen LogP contribution in [0.1, 0.15) is 16.8 Å². The summed E-state index contributed by atoms with van der Waals surface area (Å²) in [4.78, 5) is 22.8. The van der Waals surface area contributed by atoms with Crippen molar-refractivity contribution >= 4 is 21.6 Å². The van der Waals surface area contributed by atoms with E-state index in [1.807, 2.05) is 0 Å². The molecule has 0 N–H and O–H groups in total. The van der Waals surface area contributed by atoms with Crippen LogP contribution in [0.3, 0.4) is 0 Å². The van der Waals surface area contributed by atoms with Crippen LogP contribution in [-0.2, 0) is 19.4 Å². The first-order valence-electron chi connectivity index (χ1n) is 5.82. The number of ketones is 1. The van der Waals surface area contributed by atoms with Crippen LogP contribution in [-0.4, -0.2) is 45.9 Å². The van der Waals surface area contributed by atoms with Gasteiger partial charge in [-0.1, -0.05) is 12.1 Å². The minimum absolute atomic E-state index is 0.256. The maximum Gasteiger partial charge on any atom is 0.306 e. The van der Waals surface area contributed by atoms with E-state index in [4.69, 9.17) is 4.74 Å². The molecular weight excluding hydrogens is 284 g/mol. The SMILES string of the molecule is COC(=O)CCS(=O)(=O)CC(=O)c1cccc(OC)c1. The van der Waals surface area contributed by atoms with Crippen molar-refractivity contribution in [2.75, 3.05) is 25.7 Å². The molecule has 1 rings (SSSR count).